The van der Waals surface area contributed by atoms with Gasteiger partial charge in [0, 0.05) is 20.1 Å². The quantitative estimate of drug-likeness (QED) is 0.547. The van der Waals surface area contributed by atoms with Crippen molar-refractivity contribution in [2.45, 2.75) is 45.6 Å². The SMILES string of the molecule is CCc1nc(NCC(O)CC)nc2c(NC)nc(NCC3CC3)nc12. The molecule has 4 N–H and O–H groups in total. The normalized spacial score (nSPS) is 15.2. The Bertz CT molecular complexity index is 732. The lowest BCUT2D eigenvalue weighted by Crippen LogP contribution is -2.20. The maximum atomic E-state index is 9.74. The number of aryl methyl sites for hydroxylation is 1. The topological polar surface area (TPSA) is 108 Å². The highest BCUT2D eigenvalue weighted by atomic mass is 16.3. The first-order valence-corrected chi connectivity index (χ1v) is 9.06. The predicted octanol–water partition coefficient (Wildman–Crippen LogP) is 2.03. The average molecular weight is 345 g/mol. The van der Waals surface area contributed by atoms with E-state index in [9.17, 15) is 5.11 Å². The summed E-state index contributed by atoms with van der Waals surface area (Å²) in [6.45, 7) is 5.31. The van der Waals surface area contributed by atoms with Gasteiger partial charge in [-0.1, -0.05) is 13.8 Å². The second-order valence-electron chi connectivity index (χ2n) is 6.46. The molecule has 1 atom stereocenters. The van der Waals surface area contributed by atoms with Crippen molar-refractivity contribution in [3.05, 3.63) is 5.69 Å². The van der Waals surface area contributed by atoms with Gasteiger partial charge in [-0.3, -0.25) is 0 Å². The third kappa shape index (κ3) is 4.25. The second-order valence-corrected chi connectivity index (χ2v) is 6.46. The Morgan fingerprint density at radius 3 is 2.40 bits per heavy atom. The maximum absolute atomic E-state index is 9.74. The summed E-state index contributed by atoms with van der Waals surface area (Å²) in [5.74, 6) is 2.54. The third-order valence-electron chi connectivity index (χ3n) is 4.40. The standard InChI is InChI=1S/C17H27N7O/c1-4-11(25)9-20-16-21-12(5-2)13-14(23-16)15(18-3)24-17(22-13)19-8-10-6-7-10/h10-11,25H,4-9H2,1-3H3,(H,20,21,23)(H2,18,19,22,24). The Morgan fingerprint density at radius 1 is 1.04 bits per heavy atom. The van der Waals surface area contributed by atoms with Gasteiger partial charge in [-0.05, 0) is 31.6 Å². The summed E-state index contributed by atoms with van der Waals surface area (Å²) in [5.41, 5.74) is 2.33. The number of anilines is 3. The van der Waals surface area contributed by atoms with E-state index in [-0.39, 0.29) is 0 Å². The van der Waals surface area contributed by atoms with E-state index in [4.69, 9.17) is 0 Å². The fourth-order valence-corrected chi connectivity index (χ4v) is 2.56. The molecule has 0 spiro atoms. The van der Waals surface area contributed by atoms with Crippen LogP contribution < -0.4 is 16.0 Å². The Morgan fingerprint density at radius 2 is 1.76 bits per heavy atom. The molecule has 136 valence electrons. The molecule has 0 saturated heterocycles. The zero-order valence-electron chi connectivity index (χ0n) is 15.1. The van der Waals surface area contributed by atoms with Gasteiger partial charge >= 0.3 is 0 Å². The molecule has 1 fully saturated rings. The van der Waals surface area contributed by atoms with E-state index in [1.807, 2.05) is 20.9 Å². The molecule has 0 amide bonds. The Hall–Kier alpha value is -2.22. The molecule has 0 bridgehead atoms. The van der Waals surface area contributed by atoms with Crippen molar-refractivity contribution in [1.82, 2.24) is 19.9 Å². The summed E-state index contributed by atoms with van der Waals surface area (Å²) in [5, 5.41) is 19.3. The minimum Gasteiger partial charge on any atom is -0.391 e. The lowest BCUT2D eigenvalue weighted by molar-refractivity contribution is 0.183. The molecule has 8 heteroatoms. The number of rotatable bonds is 9. The first kappa shape index (κ1) is 17.6. The highest BCUT2D eigenvalue weighted by Gasteiger charge is 2.22. The van der Waals surface area contributed by atoms with Gasteiger partial charge in [-0.25, -0.2) is 15.0 Å². The molecule has 2 aromatic rings. The molecule has 8 nitrogen and oxygen atoms in total. The number of fused-ring (bicyclic) bond motifs is 1. The zero-order valence-corrected chi connectivity index (χ0v) is 15.1. The van der Waals surface area contributed by atoms with Crippen molar-refractivity contribution >= 4 is 28.7 Å². The van der Waals surface area contributed by atoms with Gasteiger partial charge in [0.2, 0.25) is 11.9 Å². The minimum absolute atomic E-state index is 0.418. The van der Waals surface area contributed by atoms with Gasteiger partial charge in [-0.2, -0.15) is 4.98 Å². The van der Waals surface area contributed by atoms with Gasteiger partial charge in [0.05, 0.1) is 11.8 Å². The van der Waals surface area contributed by atoms with Crippen LogP contribution in [0.3, 0.4) is 0 Å². The maximum Gasteiger partial charge on any atom is 0.225 e. The highest BCUT2D eigenvalue weighted by molar-refractivity contribution is 5.88. The molecule has 1 aliphatic rings. The van der Waals surface area contributed by atoms with Crippen LogP contribution >= 0.6 is 0 Å². The van der Waals surface area contributed by atoms with Crippen molar-refractivity contribution in [3.63, 3.8) is 0 Å². The number of aromatic nitrogens is 4. The largest absolute Gasteiger partial charge is 0.391 e. The molecule has 0 aliphatic heterocycles. The monoisotopic (exact) mass is 345 g/mol. The van der Waals surface area contributed by atoms with Crippen LogP contribution in [0.15, 0.2) is 0 Å². The van der Waals surface area contributed by atoms with Crippen molar-refractivity contribution in [1.29, 1.82) is 0 Å². The molecule has 3 rings (SSSR count). The van der Waals surface area contributed by atoms with E-state index in [0.29, 0.717) is 36.2 Å². The van der Waals surface area contributed by atoms with Crippen LogP contribution in [0.2, 0.25) is 0 Å². The van der Waals surface area contributed by atoms with Crippen LogP contribution in [0.4, 0.5) is 17.7 Å². The lowest BCUT2D eigenvalue weighted by Gasteiger charge is -2.14. The van der Waals surface area contributed by atoms with Crippen molar-refractivity contribution < 1.29 is 5.11 Å². The minimum atomic E-state index is -0.418. The summed E-state index contributed by atoms with van der Waals surface area (Å²) < 4.78 is 0. The van der Waals surface area contributed by atoms with Crippen LogP contribution in [0, 0.1) is 5.92 Å². The van der Waals surface area contributed by atoms with E-state index in [1.54, 1.807) is 0 Å². The summed E-state index contributed by atoms with van der Waals surface area (Å²) >= 11 is 0. The number of hydrogen-bond donors (Lipinski definition) is 4. The predicted molar refractivity (Wildman–Crippen MR) is 100 cm³/mol. The Balaban J connectivity index is 1.93. The summed E-state index contributed by atoms with van der Waals surface area (Å²) in [4.78, 5) is 18.3. The molecule has 1 unspecified atom stereocenters. The summed E-state index contributed by atoms with van der Waals surface area (Å²) in [6.07, 6.45) is 3.57. The third-order valence-corrected chi connectivity index (χ3v) is 4.40. The number of aliphatic hydroxyl groups is 1. The molecule has 2 heterocycles. The first-order chi connectivity index (χ1) is 12.1. The van der Waals surface area contributed by atoms with Crippen LogP contribution in [0.1, 0.15) is 38.8 Å². The lowest BCUT2D eigenvalue weighted by atomic mass is 10.2. The van der Waals surface area contributed by atoms with Crippen molar-refractivity contribution in [2.24, 2.45) is 5.92 Å². The van der Waals surface area contributed by atoms with Gasteiger partial charge in [-0.15, -0.1) is 0 Å². The van der Waals surface area contributed by atoms with Crippen LogP contribution in [0.25, 0.3) is 11.0 Å². The van der Waals surface area contributed by atoms with Gasteiger partial charge in [0.25, 0.3) is 0 Å². The number of nitrogens with one attached hydrogen (secondary N) is 3. The zero-order chi connectivity index (χ0) is 17.8. The second kappa shape index (κ2) is 7.77. The smallest absolute Gasteiger partial charge is 0.225 e. The average Bonchev–Trinajstić information content (AvgIpc) is 3.47. The molecule has 2 aromatic heterocycles. The number of nitrogens with zero attached hydrogens (tertiary/aromatic N) is 4. The van der Waals surface area contributed by atoms with Crippen LogP contribution in [-0.4, -0.2) is 51.3 Å². The first-order valence-electron chi connectivity index (χ1n) is 9.06. The van der Waals surface area contributed by atoms with Gasteiger partial charge < -0.3 is 21.1 Å². The Labute approximate surface area is 147 Å². The fourth-order valence-electron chi connectivity index (χ4n) is 2.56. The van der Waals surface area contributed by atoms with E-state index < -0.39 is 6.10 Å². The molecule has 1 saturated carbocycles. The van der Waals surface area contributed by atoms with E-state index >= 15 is 0 Å². The molecule has 1 aliphatic carbocycles. The molecule has 0 aromatic carbocycles. The van der Waals surface area contributed by atoms with Gasteiger partial charge in [0.1, 0.15) is 11.0 Å². The highest BCUT2D eigenvalue weighted by Crippen LogP contribution is 2.29. The number of hydrogen-bond acceptors (Lipinski definition) is 8. The van der Waals surface area contributed by atoms with E-state index in [0.717, 1.165) is 30.1 Å². The van der Waals surface area contributed by atoms with Gasteiger partial charge in [0.15, 0.2) is 5.82 Å². The van der Waals surface area contributed by atoms with E-state index in [1.165, 1.54) is 12.8 Å². The molecular formula is C17H27N7O. The van der Waals surface area contributed by atoms with Crippen LogP contribution in [-0.2, 0) is 6.42 Å². The molecule has 25 heavy (non-hydrogen) atoms. The van der Waals surface area contributed by atoms with E-state index in [2.05, 4.69) is 35.9 Å². The summed E-state index contributed by atoms with van der Waals surface area (Å²) in [7, 11) is 1.83. The Kier molecular flexibility index (Phi) is 5.47. The fraction of sp³-hybridized carbons (Fsp3) is 0.647. The number of aliphatic hydroxyl groups excluding tert-OH is 1. The molecule has 0 radical (unpaired) electrons. The van der Waals surface area contributed by atoms with Crippen LogP contribution in [0.5, 0.6) is 0 Å². The summed E-state index contributed by atoms with van der Waals surface area (Å²) in [6, 6.07) is 0. The van der Waals surface area contributed by atoms with Crippen molar-refractivity contribution in [2.75, 3.05) is 36.1 Å². The van der Waals surface area contributed by atoms with Crippen molar-refractivity contribution in [3.8, 4) is 0 Å². The molecular weight excluding hydrogens is 318 g/mol.